The molecule has 0 atom stereocenters. The summed E-state index contributed by atoms with van der Waals surface area (Å²) in [4.78, 5) is 13.4. The highest BCUT2D eigenvalue weighted by Crippen LogP contribution is 2.19. The van der Waals surface area contributed by atoms with E-state index >= 15 is 0 Å². The Morgan fingerprint density at radius 1 is 1.25 bits per heavy atom. The van der Waals surface area contributed by atoms with Crippen molar-refractivity contribution in [3.63, 3.8) is 0 Å². The molecule has 16 heavy (non-hydrogen) atoms. The van der Waals surface area contributed by atoms with E-state index in [1.807, 2.05) is 24.3 Å². The van der Waals surface area contributed by atoms with Gasteiger partial charge in [0.05, 0.1) is 7.11 Å². The zero-order valence-electron chi connectivity index (χ0n) is 9.40. The van der Waals surface area contributed by atoms with Gasteiger partial charge in [0, 0.05) is 31.7 Å². The van der Waals surface area contributed by atoms with E-state index in [0.29, 0.717) is 13.0 Å². The van der Waals surface area contributed by atoms with Gasteiger partial charge in [-0.1, -0.05) is 0 Å². The number of carbonyl (C=O) groups is 1. The fraction of sp³-hybridized carbons (Fsp3) is 0.417. The average molecular weight is 220 g/mol. The summed E-state index contributed by atoms with van der Waals surface area (Å²) in [5, 5.41) is 2.86. The number of rotatable bonds is 2. The van der Waals surface area contributed by atoms with Crippen LogP contribution in [0.4, 0.5) is 5.69 Å². The highest BCUT2D eigenvalue weighted by Gasteiger charge is 2.13. The molecular weight excluding hydrogens is 204 g/mol. The third kappa shape index (κ3) is 2.45. The van der Waals surface area contributed by atoms with Crippen LogP contribution in [0.2, 0.25) is 0 Å². The normalized spacial score (nSPS) is 16.6. The lowest BCUT2D eigenvalue weighted by atomic mass is 10.2. The fourth-order valence-corrected chi connectivity index (χ4v) is 1.82. The number of amides is 1. The van der Waals surface area contributed by atoms with Gasteiger partial charge < -0.3 is 15.0 Å². The van der Waals surface area contributed by atoms with Crippen LogP contribution in [-0.4, -0.2) is 32.7 Å². The topological polar surface area (TPSA) is 41.6 Å². The molecule has 0 unspecified atom stereocenters. The molecule has 1 saturated heterocycles. The largest absolute Gasteiger partial charge is 0.497 e. The first kappa shape index (κ1) is 10.8. The van der Waals surface area contributed by atoms with Crippen molar-refractivity contribution >= 4 is 11.6 Å². The lowest BCUT2D eigenvalue weighted by molar-refractivity contribution is -0.120. The van der Waals surface area contributed by atoms with E-state index in [1.165, 1.54) is 0 Å². The third-order valence-corrected chi connectivity index (χ3v) is 2.75. The van der Waals surface area contributed by atoms with Crippen LogP contribution in [0.5, 0.6) is 5.75 Å². The number of nitrogens with one attached hydrogen (secondary N) is 1. The third-order valence-electron chi connectivity index (χ3n) is 2.75. The summed E-state index contributed by atoms with van der Waals surface area (Å²) >= 11 is 0. The van der Waals surface area contributed by atoms with Gasteiger partial charge in [0.15, 0.2) is 0 Å². The van der Waals surface area contributed by atoms with Crippen LogP contribution < -0.4 is 15.0 Å². The summed E-state index contributed by atoms with van der Waals surface area (Å²) in [6.45, 7) is 2.35. The molecule has 0 aromatic heterocycles. The van der Waals surface area contributed by atoms with Crippen LogP contribution in [0.15, 0.2) is 24.3 Å². The van der Waals surface area contributed by atoms with Gasteiger partial charge in [0.2, 0.25) is 5.91 Å². The molecule has 0 bridgehead atoms. The van der Waals surface area contributed by atoms with Crippen LogP contribution in [0.3, 0.4) is 0 Å². The van der Waals surface area contributed by atoms with E-state index in [0.717, 1.165) is 24.5 Å². The Morgan fingerprint density at radius 2 is 2.00 bits per heavy atom. The zero-order valence-corrected chi connectivity index (χ0v) is 9.40. The Morgan fingerprint density at radius 3 is 2.69 bits per heavy atom. The Labute approximate surface area is 95.2 Å². The van der Waals surface area contributed by atoms with Crippen LogP contribution in [0.1, 0.15) is 6.42 Å². The van der Waals surface area contributed by atoms with Gasteiger partial charge in [-0.25, -0.2) is 0 Å². The Bertz CT molecular complexity index is 362. The van der Waals surface area contributed by atoms with Crippen molar-refractivity contribution in [2.45, 2.75) is 6.42 Å². The van der Waals surface area contributed by atoms with Gasteiger partial charge in [0.25, 0.3) is 0 Å². The van der Waals surface area contributed by atoms with Crippen molar-refractivity contribution in [2.24, 2.45) is 0 Å². The van der Waals surface area contributed by atoms with Gasteiger partial charge in [-0.05, 0) is 24.3 Å². The molecule has 1 aromatic carbocycles. The van der Waals surface area contributed by atoms with E-state index < -0.39 is 0 Å². The molecule has 2 rings (SSSR count). The van der Waals surface area contributed by atoms with Gasteiger partial charge in [-0.2, -0.15) is 0 Å². The van der Waals surface area contributed by atoms with Gasteiger partial charge in [-0.15, -0.1) is 0 Å². The van der Waals surface area contributed by atoms with E-state index in [4.69, 9.17) is 4.74 Å². The zero-order chi connectivity index (χ0) is 11.4. The monoisotopic (exact) mass is 220 g/mol. The highest BCUT2D eigenvalue weighted by atomic mass is 16.5. The molecule has 1 fully saturated rings. The van der Waals surface area contributed by atoms with Crippen LogP contribution in [0.25, 0.3) is 0 Å². The van der Waals surface area contributed by atoms with Crippen molar-refractivity contribution in [1.82, 2.24) is 5.32 Å². The molecule has 4 heteroatoms. The Hall–Kier alpha value is -1.71. The maximum atomic E-state index is 11.2. The average Bonchev–Trinajstić information content (AvgIpc) is 2.54. The number of carbonyl (C=O) groups excluding carboxylic acids is 1. The van der Waals surface area contributed by atoms with E-state index in [1.54, 1.807) is 7.11 Å². The standard InChI is InChI=1S/C12H16N2O2/c1-16-11-4-2-10(3-5-11)14-8-6-12(15)13-7-9-14/h2-5H,6-9H2,1H3,(H,13,15). The SMILES string of the molecule is COc1ccc(N2CCNC(=O)CC2)cc1. The molecular formula is C12H16N2O2. The van der Waals surface area contributed by atoms with Crippen LogP contribution in [-0.2, 0) is 4.79 Å². The molecule has 1 aromatic rings. The molecule has 0 radical (unpaired) electrons. The molecule has 1 aliphatic rings. The van der Waals surface area contributed by atoms with Crippen molar-refractivity contribution < 1.29 is 9.53 Å². The van der Waals surface area contributed by atoms with Crippen molar-refractivity contribution in [3.8, 4) is 5.75 Å². The van der Waals surface area contributed by atoms with E-state index in [9.17, 15) is 4.79 Å². The summed E-state index contributed by atoms with van der Waals surface area (Å²) in [5.74, 6) is 0.990. The maximum absolute atomic E-state index is 11.2. The van der Waals surface area contributed by atoms with Crippen LogP contribution in [0, 0.1) is 0 Å². The second-order valence-corrected chi connectivity index (χ2v) is 3.79. The molecule has 4 nitrogen and oxygen atoms in total. The maximum Gasteiger partial charge on any atom is 0.221 e. The first-order valence-electron chi connectivity index (χ1n) is 5.45. The van der Waals surface area contributed by atoms with Crippen molar-refractivity contribution in [3.05, 3.63) is 24.3 Å². The van der Waals surface area contributed by atoms with Crippen LogP contribution >= 0.6 is 0 Å². The number of ether oxygens (including phenoxy) is 1. The summed E-state index contributed by atoms with van der Waals surface area (Å²) in [7, 11) is 1.66. The minimum absolute atomic E-state index is 0.135. The summed E-state index contributed by atoms with van der Waals surface area (Å²) in [6, 6.07) is 7.92. The smallest absolute Gasteiger partial charge is 0.221 e. The van der Waals surface area contributed by atoms with E-state index in [-0.39, 0.29) is 5.91 Å². The van der Waals surface area contributed by atoms with Crippen molar-refractivity contribution in [2.75, 3.05) is 31.6 Å². The predicted molar refractivity (Wildman–Crippen MR) is 62.8 cm³/mol. The van der Waals surface area contributed by atoms with Gasteiger partial charge >= 0.3 is 0 Å². The Kier molecular flexibility index (Phi) is 3.29. The number of hydrogen-bond donors (Lipinski definition) is 1. The molecule has 1 heterocycles. The van der Waals surface area contributed by atoms with Crippen molar-refractivity contribution in [1.29, 1.82) is 0 Å². The molecule has 86 valence electrons. The second kappa shape index (κ2) is 4.88. The van der Waals surface area contributed by atoms with Gasteiger partial charge in [-0.3, -0.25) is 4.79 Å². The summed E-state index contributed by atoms with van der Waals surface area (Å²) in [5.41, 5.74) is 1.14. The first-order chi connectivity index (χ1) is 7.79. The quantitative estimate of drug-likeness (QED) is 0.809. The Balaban J connectivity index is 2.07. The van der Waals surface area contributed by atoms with Gasteiger partial charge in [0.1, 0.15) is 5.75 Å². The molecule has 1 N–H and O–H groups in total. The summed E-state index contributed by atoms with van der Waals surface area (Å²) in [6.07, 6.45) is 0.562. The molecule has 0 spiro atoms. The second-order valence-electron chi connectivity index (χ2n) is 3.79. The molecule has 0 saturated carbocycles. The van der Waals surface area contributed by atoms with E-state index in [2.05, 4.69) is 10.2 Å². The molecule has 1 aliphatic heterocycles. The first-order valence-corrected chi connectivity index (χ1v) is 5.45. The number of hydrogen-bond acceptors (Lipinski definition) is 3. The molecule has 1 amide bonds. The number of benzene rings is 1. The molecule has 0 aliphatic carbocycles. The fourth-order valence-electron chi connectivity index (χ4n) is 1.82. The predicted octanol–water partition coefficient (Wildman–Crippen LogP) is 1.02. The lowest BCUT2D eigenvalue weighted by Gasteiger charge is -2.21. The number of nitrogens with zero attached hydrogens (tertiary/aromatic N) is 1. The minimum atomic E-state index is 0.135. The number of anilines is 1. The summed E-state index contributed by atoms with van der Waals surface area (Å²) < 4.78 is 5.11. The lowest BCUT2D eigenvalue weighted by Crippen LogP contribution is -2.28. The highest BCUT2D eigenvalue weighted by molar-refractivity contribution is 5.77. The minimum Gasteiger partial charge on any atom is -0.497 e. The number of methoxy groups -OCH3 is 1.